The Labute approximate surface area is 392 Å². The van der Waals surface area contributed by atoms with Crippen molar-refractivity contribution in [2.45, 2.75) is 85.1 Å². The maximum atomic E-state index is 5.25. The molecule has 0 spiro atoms. The number of hydrogen-bond donors (Lipinski definition) is 1. The maximum absolute atomic E-state index is 5.25. The van der Waals surface area contributed by atoms with E-state index in [0.717, 1.165) is 39.6 Å². The first-order valence-electron chi connectivity index (χ1n) is 23.6. The maximum Gasteiger partial charge on any atom is 0.0940 e. The summed E-state index contributed by atoms with van der Waals surface area (Å²) < 4.78 is 0. The van der Waals surface area contributed by atoms with E-state index in [1.807, 2.05) is 12.3 Å². The number of aromatic nitrogens is 2. The molecule has 0 saturated carbocycles. The average molecular weight is 863 g/mol. The normalized spacial score (nSPS) is 12.1. The SMILES string of the molecule is CC(C)c1cccc(C(C)C)c1N=Cc1cccc(-c2cccc3ccccc23)n1.CC(C)c1cccc(C(C)C)c1NC(c1ccccc1)c1cccc(-c2cccc3ccccc23)n1. The second-order valence-corrected chi connectivity index (χ2v) is 18.4. The van der Waals surface area contributed by atoms with Crippen molar-refractivity contribution in [2.75, 3.05) is 5.32 Å². The van der Waals surface area contributed by atoms with Gasteiger partial charge in [-0.1, -0.05) is 219 Å². The van der Waals surface area contributed by atoms with Crippen molar-refractivity contribution in [3.8, 4) is 22.5 Å². The quantitative estimate of drug-likeness (QED) is 0.125. The Morgan fingerprint density at radius 2 is 0.848 bits per heavy atom. The van der Waals surface area contributed by atoms with E-state index in [9.17, 15) is 0 Å². The molecule has 4 heteroatoms. The predicted molar refractivity (Wildman–Crippen MR) is 283 cm³/mol. The van der Waals surface area contributed by atoms with Crippen molar-refractivity contribution >= 4 is 39.1 Å². The van der Waals surface area contributed by atoms with Gasteiger partial charge in [0, 0.05) is 16.8 Å². The van der Waals surface area contributed by atoms with Gasteiger partial charge in [0.1, 0.15) is 0 Å². The van der Waals surface area contributed by atoms with Gasteiger partial charge in [-0.3, -0.25) is 9.98 Å². The Hall–Kier alpha value is -7.17. The molecule has 2 aromatic heterocycles. The minimum Gasteiger partial charge on any atom is -0.372 e. The Balaban J connectivity index is 0.000000182. The molecule has 7 aromatic carbocycles. The molecule has 1 atom stereocenters. The van der Waals surface area contributed by atoms with Crippen LogP contribution >= 0.6 is 0 Å². The molecule has 1 N–H and O–H groups in total. The van der Waals surface area contributed by atoms with Crippen LogP contribution in [0.25, 0.3) is 44.1 Å². The highest BCUT2D eigenvalue weighted by molar-refractivity contribution is 5.97. The third kappa shape index (κ3) is 10.2. The largest absolute Gasteiger partial charge is 0.372 e. The summed E-state index contributed by atoms with van der Waals surface area (Å²) in [5.74, 6) is 1.67. The molecule has 0 aliphatic carbocycles. The highest BCUT2D eigenvalue weighted by Gasteiger charge is 2.22. The highest BCUT2D eigenvalue weighted by atomic mass is 15.0. The van der Waals surface area contributed by atoms with Crippen molar-refractivity contribution in [3.05, 3.63) is 227 Å². The van der Waals surface area contributed by atoms with Gasteiger partial charge in [-0.25, -0.2) is 4.98 Å². The van der Waals surface area contributed by atoms with Gasteiger partial charge in [-0.05, 0) is 97.3 Å². The summed E-state index contributed by atoms with van der Waals surface area (Å²) >= 11 is 0. The number of para-hydroxylation sites is 2. The van der Waals surface area contributed by atoms with Crippen molar-refractivity contribution in [3.63, 3.8) is 0 Å². The molecule has 4 nitrogen and oxygen atoms in total. The van der Waals surface area contributed by atoms with Crippen LogP contribution in [0.5, 0.6) is 0 Å². The lowest BCUT2D eigenvalue weighted by molar-refractivity contribution is 0.814. The monoisotopic (exact) mass is 862 g/mol. The van der Waals surface area contributed by atoms with Gasteiger partial charge in [0.25, 0.3) is 0 Å². The zero-order valence-electron chi connectivity index (χ0n) is 39.7. The molecule has 1 unspecified atom stereocenters. The third-order valence-electron chi connectivity index (χ3n) is 12.4. The molecular formula is C62H62N4. The Morgan fingerprint density at radius 1 is 0.409 bits per heavy atom. The van der Waals surface area contributed by atoms with Crippen molar-refractivity contribution < 1.29 is 0 Å². The van der Waals surface area contributed by atoms with E-state index in [-0.39, 0.29) is 6.04 Å². The number of anilines is 1. The molecule has 0 fully saturated rings. The van der Waals surface area contributed by atoms with Crippen LogP contribution in [-0.4, -0.2) is 16.2 Å². The van der Waals surface area contributed by atoms with Crippen LogP contribution in [0, 0.1) is 0 Å². The lowest BCUT2D eigenvalue weighted by Crippen LogP contribution is -2.17. The Bertz CT molecular complexity index is 3020. The number of fused-ring (bicyclic) bond motifs is 2. The van der Waals surface area contributed by atoms with Crippen LogP contribution in [-0.2, 0) is 0 Å². The highest BCUT2D eigenvalue weighted by Crippen LogP contribution is 2.38. The zero-order valence-corrected chi connectivity index (χ0v) is 39.7. The molecule has 2 heterocycles. The smallest absolute Gasteiger partial charge is 0.0940 e. The van der Waals surface area contributed by atoms with Crippen LogP contribution in [0.3, 0.4) is 0 Å². The molecule has 66 heavy (non-hydrogen) atoms. The number of rotatable bonds is 12. The van der Waals surface area contributed by atoms with Gasteiger partial charge < -0.3 is 5.32 Å². The fourth-order valence-corrected chi connectivity index (χ4v) is 8.96. The second kappa shape index (κ2) is 20.8. The first kappa shape index (κ1) is 45.4. The molecule has 0 radical (unpaired) electrons. The van der Waals surface area contributed by atoms with Crippen molar-refractivity contribution in [1.29, 1.82) is 0 Å². The summed E-state index contributed by atoms with van der Waals surface area (Å²) in [5, 5.41) is 8.86. The van der Waals surface area contributed by atoms with Crippen LogP contribution in [0.15, 0.2) is 193 Å². The molecule has 0 aliphatic heterocycles. The summed E-state index contributed by atoms with van der Waals surface area (Å²) in [5.41, 5.74) is 14.9. The third-order valence-corrected chi connectivity index (χ3v) is 12.4. The molecule has 9 aromatic rings. The van der Waals surface area contributed by atoms with E-state index >= 15 is 0 Å². The average Bonchev–Trinajstić information content (AvgIpc) is 3.34. The predicted octanol–water partition coefficient (Wildman–Crippen LogP) is 17.2. The van der Waals surface area contributed by atoms with E-state index in [0.29, 0.717) is 23.7 Å². The summed E-state index contributed by atoms with van der Waals surface area (Å²) in [4.78, 5) is 15.1. The van der Waals surface area contributed by atoms with Crippen molar-refractivity contribution in [1.82, 2.24) is 9.97 Å². The number of nitrogens with one attached hydrogen (secondary N) is 1. The van der Waals surface area contributed by atoms with Crippen molar-refractivity contribution in [2.24, 2.45) is 4.99 Å². The standard InChI is InChI=1S/C34H34N2.C28H28N2/c1-23(2)27-18-11-19-28(24(3)4)34(27)36-33(26-14-6-5-7-15-26)32-22-12-21-31(35-32)30-20-10-16-25-13-8-9-17-29(25)30;1-19(2)23-14-9-15-24(20(3)4)28(23)29-18-22-12-8-17-27(30-22)26-16-7-11-21-10-5-6-13-25(21)26/h5-24,33,36H,1-4H3;5-20H,1-4H3. The van der Waals surface area contributed by atoms with Crippen LogP contribution in [0.1, 0.15) is 124 Å². The van der Waals surface area contributed by atoms with Crippen LogP contribution in [0.2, 0.25) is 0 Å². The lowest BCUT2D eigenvalue weighted by atomic mass is 9.91. The second-order valence-electron chi connectivity index (χ2n) is 18.4. The van der Waals surface area contributed by atoms with E-state index in [1.54, 1.807) is 0 Å². The molecular weight excluding hydrogens is 801 g/mol. The minimum absolute atomic E-state index is 0.0708. The number of hydrogen-bond acceptors (Lipinski definition) is 4. The minimum atomic E-state index is -0.0708. The topological polar surface area (TPSA) is 50.2 Å². The molecule has 0 amide bonds. The van der Waals surface area contributed by atoms with Crippen LogP contribution in [0.4, 0.5) is 11.4 Å². The van der Waals surface area contributed by atoms with Gasteiger partial charge in [0.2, 0.25) is 0 Å². The van der Waals surface area contributed by atoms with E-state index in [1.165, 1.54) is 55.0 Å². The summed E-state index contributed by atoms with van der Waals surface area (Å²) in [6.45, 7) is 17.9. The number of aliphatic imine (C=N–C) groups is 1. The van der Waals surface area contributed by atoms with Gasteiger partial charge in [-0.15, -0.1) is 0 Å². The van der Waals surface area contributed by atoms with Gasteiger partial charge in [0.15, 0.2) is 0 Å². The van der Waals surface area contributed by atoms with Crippen LogP contribution < -0.4 is 5.32 Å². The lowest BCUT2D eigenvalue weighted by Gasteiger charge is -2.27. The zero-order chi connectivity index (χ0) is 46.2. The number of pyridine rings is 2. The summed E-state index contributed by atoms with van der Waals surface area (Å²) in [6, 6.07) is 66.1. The fraction of sp³-hybridized carbons (Fsp3) is 0.210. The van der Waals surface area contributed by atoms with E-state index < -0.39 is 0 Å². The summed E-state index contributed by atoms with van der Waals surface area (Å²) in [7, 11) is 0. The van der Waals surface area contributed by atoms with Gasteiger partial charge in [0.05, 0.1) is 40.7 Å². The molecule has 9 rings (SSSR count). The number of nitrogens with zero attached hydrogens (tertiary/aromatic N) is 3. The van der Waals surface area contributed by atoms with E-state index in [4.69, 9.17) is 15.0 Å². The molecule has 330 valence electrons. The number of benzene rings is 7. The van der Waals surface area contributed by atoms with Gasteiger partial charge in [-0.2, -0.15) is 0 Å². The van der Waals surface area contributed by atoms with E-state index in [2.05, 4.69) is 243 Å². The molecule has 0 saturated heterocycles. The fourth-order valence-electron chi connectivity index (χ4n) is 8.96. The van der Waals surface area contributed by atoms with Gasteiger partial charge >= 0.3 is 0 Å². The molecule has 0 aliphatic rings. The summed E-state index contributed by atoms with van der Waals surface area (Å²) in [6.07, 6.45) is 1.90. The molecule has 0 bridgehead atoms. The first-order chi connectivity index (χ1) is 32.1. The Morgan fingerprint density at radius 3 is 1.39 bits per heavy atom. The first-order valence-corrected chi connectivity index (χ1v) is 23.6. The Kier molecular flexibility index (Phi) is 14.3.